The van der Waals surface area contributed by atoms with Crippen LogP contribution in [0.1, 0.15) is 33.1 Å². The van der Waals surface area contributed by atoms with E-state index in [1.54, 1.807) is 18.2 Å². The number of halogens is 2. The van der Waals surface area contributed by atoms with Gasteiger partial charge >= 0.3 is 0 Å². The minimum Gasteiger partial charge on any atom is -0.342 e. The van der Waals surface area contributed by atoms with Gasteiger partial charge in [0.2, 0.25) is 11.8 Å². The second-order valence-electron chi connectivity index (χ2n) is 5.06. The molecule has 1 N–H and O–H groups in total. The first-order valence-corrected chi connectivity index (χ1v) is 7.84. The lowest BCUT2D eigenvalue weighted by molar-refractivity contribution is -0.134. The standard InChI is InChI=1S/C15H18Cl2N2O2/c1-3-6-10-15(21)19(11(4-2)14(20)18-10)12-8-5-7-9(16)13(12)17/h5,7-8,10-11H,3-4,6H2,1-2H3,(H,18,20). The minimum absolute atomic E-state index is 0.132. The molecule has 2 atom stereocenters. The molecule has 1 aliphatic heterocycles. The van der Waals surface area contributed by atoms with Crippen LogP contribution in [0.4, 0.5) is 5.69 Å². The van der Waals surface area contributed by atoms with Crippen molar-refractivity contribution in [2.24, 2.45) is 0 Å². The number of piperazine rings is 1. The summed E-state index contributed by atoms with van der Waals surface area (Å²) < 4.78 is 0. The van der Waals surface area contributed by atoms with Crippen LogP contribution in [0.5, 0.6) is 0 Å². The summed E-state index contributed by atoms with van der Waals surface area (Å²) in [6.45, 7) is 3.84. The van der Waals surface area contributed by atoms with Gasteiger partial charge in [0.25, 0.3) is 0 Å². The average molecular weight is 329 g/mol. The van der Waals surface area contributed by atoms with Gasteiger partial charge < -0.3 is 5.32 Å². The third-order valence-corrected chi connectivity index (χ3v) is 4.43. The Morgan fingerprint density at radius 3 is 2.57 bits per heavy atom. The number of nitrogens with one attached hydrogen (secondary N) is 1. The van der Waals surface area contributed by atoms with E-state index in [0.717, 1.165) is 6.42 Å². The highest BCUT2D eigenvalue weighted by Crippen LogP contribution is 2.35. The molecule has 1 heterocycles. The van der Waals surface area contributed by atoms with E-state index in [-0.39, 0.29) is 11.8 Å². The van der Waals surface area contributed by atoms with E-state index in [2.05, 4.69) is 5.32 Å². The molecule has 1 aromatic carbocycles. The largest absolute Gasteiger partial charge is 0.342 e. The zero-order valence-electron chi connectivity index (χ0n) is 12.0. The maximum atomic E-state index is 12.7. The second-order valence-corrected chi connectivity index (χ2v) is 5.84. The number of benzene rings is 1. The normalized spacial score (nSPS) is 22.4. The third kappa shape index (κ3) is 3.01. The van der Waals surface area contributed by atoms with Crippen molar-refractivity contribution >= 4 is 40.7 Å². The van der Waals surface area contributed by atoms with Crippen molar-refractivity contribution in [3.63, 3.8) is 0 Å². The zero-order chi connectivity index (χ0) is 15.6. The summed E-state index contributed by atoms with van der Waals surface area (Å²) in [5.74, 6) is -0.279. The SMILES string of the molecule is CCCC1NC(=O)C(CC)N(c2cccc(Cl)c2Cl)C1=O. The van der Waals surface area contributed by atoms with Gasteiger partial charge in [-0.1, -0.05) is 49.5 Å². The lowest BCUT2D eigenvalue weighted by Gasteiger charge is -2.39. The van der Waals surface area contributed by atoms with Gasteiger partial charge in [-0.05, 0) is 25.0 Å². The number of hydrogen-bond acceptors (Lipinski definition) is 2. The Labute approximate surface area is 134 Å². The van der Waals surface area contributed by atoms with E-state index >= 15 is 0 Å². The minimum atomic E-state index is -0.554. The fourth-order valence-electron chi connectivity index (χ4n) is 2.59. The Hall–Kier alpha value is -1.26. The summed E-state index contributed by atoms with van der Waals surface area (Å²) in [4.78, 5) is 26.5. The van der Waals surface area contributed by atoms with E-state index in [0.29, 0.717) is 28.6 Å². The van der Waals surface area contributed by atoms with Gasteiger partial charge in [-0.3, -0.25) is 14.5 Å². The zero-order valence-corrected chi connectivity index (χ0v) is 13.5. The molecule has 0 aromatic heterocycles. The Morgan fingerprint density at radius 2 is 1.95 bits per heavy atom. The van der Waals surface area contributed by atoms with Crippen LogP contribution in [0.3, 0.4) is 0 Å². The fraction of sp³-hybridized carbons (Fsp3) is 0.467. The van der Waals surface area contributed by atoms with Crippen LogP contribution < -0.4 is 10.2 Å². The van der Waals surface area contributed by atoms with E-state index in [9.17, 15) is 9.59 Å². The monoisotopic (exact) mass is 328 g/mol. The van der Waals surface area contributed by atoms with Crippen molar-refractivity contribution < 1.29 is 9.59 Å². The van der Waals surface area contributed by atoms with Crippen molar-refractivity contribution in [3.8, 4) is 0 Å². The number of anilines is 1. The smallest absolute Gasteiger partial charge is 0.250 e. The molecule has 1 fully saturated rings. The quantitative estimate of drug-likeness (QED) is 0.920. The molecule has 2 unspecified atom stereocenters. The molecular formula is C15H18Cl2N2O2. The van der Waals surface area contributed by atoms with Gasteiger partial charge in [0.15, 0.2) is 0 Å². The Bertz CT molecular complexity index is 563. The number of carbonyl (C=O) groups excluding carboxylic acids is 2. The van der Waals surface area contributed by atoms with Gasteiger partial charge in [0.1, 0.15) is 12.1 Å². The highest BCUT2D eigenvalue weighted by molar-refractivity contribution is 6.44. The summed E-state index contributed by atoms with van der Waals surface area (Å²) in [6, 6.07) is 4.05. The maximum Gasteiger partial charge on any atom is 0.250 e. The average Bonchev–Trinajstić information content (AvgIpc) is 2.46. The number of hydrogen-bond donors (Lipinski definition) is 1. The molecule has 6 heteroatoms. The lowest BCUT2D eigenvalue weighted by atomic mass is 10.0. The van der Waals surface area contributed by atoms with Crippen LogP contribution in [0.25, 0.3) is 0 Å². The first-order valence-electron chi connectivity index (χ1n) is 7.08. The van der Waals surface area contributed by atoms with Gasteiger partial charge in [0.05, 0.1) is 15.7 Å². The highest BCUT2D eigenvalue weighted by atomic mass is 35.5. The fourth-order valence-corrected chi connectivity index (χ4v) is 2.97. The Morgan fingerprint density at radius 1 is 1.24 bits per heavy atom. The molecule has 114 valence electrons. The van der Waals surface area contributed by atoms with Gasteiger partial charge in [-0.15, -0.1) is 0 Å². The summed E-state index contributed by atoms with van der Waals surface area (Å²) in [5, 5.41) is 3.47. The predicted molar refractivity (Wildman–Crippen MR) is 84.9 cm³/mol. The van der Waals surface area contributed by atoms with Gasteiger partial charge in [-0.2, -0.15) is 0 Å². The van der Waals surface area contributed by atoms with E-state index in [4.69, 9.17) is 23.2 Å². The van der Waals surface area contributed by atoms with Crippen LogP contribution in [0.2, 0.25) is 10.0 Å². The molecule has 2 amide bonds. The molecule has 1 aliphatic rings. The van der Waals surface area contributed by atoms with Crippen LogP contribution in [-0.4, -0.2) is 23.9 Å². The summed E-state index contributed by atoms with van der Waals surface area (Å²) in [7, 11) is 0. The first kappa shape index (κ1) is 16.1. The van der Waals surface area contributed by atoms with Crippen LogP contribution in [-0.2, 0) is 9.59 Å². The lowest BCUT2D eigenvalue weighted by Crippen LogP contribution is -2.63. The van der Waals surface area contributed by atoms with Gasteiger partial charge in [-0.25, -0.2) is 0 Å². The van der Waals surface area contributed by atoms with Crippen molar-refractivity contribution in [1.82, 2.24) is 5.32 Å². The molecule has 2 rings (SSSR count). The predicted octanol–water partition coefficient (Wildman–Crippen LogP) is 3.40. The molecule has 0 aliphatic carbocycles. The summed E-state index contributed by atoms with van der Waals surface area (Å²) >= 11 is 12.3. The number of carbonyl (C=O) groups is 2. The van der Waals surface area contributed by atoms with Crippen molar-refractivity contribution in [1.29, 1.82) is 0 Å². The number of rotatable bonds is 4. The Balaban J connectivity index is 2.47. The molecule has 21 heavy (non-hydrogen) atoms. The van der Waals surface area contributed by atoms with Gasteiger partial charge in [0, 0.05) is 0 Å². The third-order valence-electron chi connectivity index (χ3n) is 3.62. The van der Waals surface area contributed by atoms with Crippen LogP contribution in [0.15, 0.2) is 18.2 Å². The van der Waals surface area contributed by atoms with E-state index in [1.165, 1.54) is 4.90 Å². The van der Waals surface area contributed by atoms with E-state index in [1.807, 2.05) is 13.8 Å². The highest BCUT2D eigenvalue weighted by Gasteiger charge is 2.40. The maximum absolute atomic E-state index is 12.7. The second kappa shape index (κ2) is 6.67. The molecular weight excluding hydrogens is 311 g/mol. The number of nitrogens with zero attached hydrogens (tertiary/aromatic N) is 1. The Kier molecular flexibility index (Phi) is 5.12. The topological polar surface area (TPSA) is 49.4 Å². The van der Waals surface area contributed by atoms with Crippen LogP contribution in [0, 0.1) is 0 Å². The van der Waals surface area contributed by atoms with Crippen LogP contribution >= 0.6 is 23.2 Å². The molecule has 0 spiro atoms. The van der Waals surface area contributed by atoms with Crippen molar-refractivity contribution in [3.05, 3.63) is 28.2 Å². The molecule has 0 bridgehead atoms. The molecule has 4 nitrogen and oxygen atoms in total. The molecule has 0 radical (unpaired) electrons. The molecule has 0 saturated carbocycles. The molecule has 1 saturated heterocycles. The summed E-state index contributed by atoms with van der Waals surface area (Å²) in [5.41, 5.74) is 0.497. The first-order chi connectivity index (χ1) is 10.0. The van der Waals surface area contributed by atoms with Crippen molar-refractivity contribution in [2.75, 3.05) is 4.90 Å². The van der Waals surface area contributed by atoms with E-state index < -0.39 is 12.1 Å². The van der Waals surface area contributed by atoms with Crippen molar-refractivity contribution in [2.45, 2.75) is 45.2 Å². The number of amides is 2. The summed E-state index contributed by atoms with van der Waals surface area (Å²) in [6.07, 6.45) is 1.93. The molecule has 1 aromatic rings.